The number of benzene rings is 3. The maximum absolute atomic E-state index is 12.7. The van der Waals surface area contributed by atoms with Crippen molar-refractivity contribution in [1.82, 2.24) is 10.6 Å². The van der Waals surface area contributed by atoms with E-state index >= 15 is 0 Å². The number of anilines is 1. The number of nitrogens with one attached hydrogen (secondary N) is 3. The van der Waals surface area contributed by atoms with Crippen LogP contribution in [-0.2, 0) is 17.8 Å². The molecule has 0 saturated heterocycles. The summed E-state index contributed by atoms with van der Waals surface area (Å²) in [6.45, 7) is 2.36. The number of hydrogen-bond donors (Lipinski definition) is 3. The fourth-order valence-electron chi connectivity index (χ4n) is 3.05. The van der Waals surface area contributed by atoms with Crippen molar-refractivity contribution in [3.05, 3.63) is 101 Å². The third kappa shape index (κ3) is 6.54. The van der Waals surface area contributed by atoms with Gasteiger partial charge in [0.05, 0.1) is 11.3 Å². The summed E-state index contributed by atoms with van der Waals surface area (Å²) < 4.78 is 0. The first kappa shape index (κ1) is 21.8. The van der Waals surface area contributed by atoms with Gasteiger partial charge in [0.2, 0.25) is 5.91 Å². The van der Waals surface area contributed by atoms with Gasteiger partial charge in [0.1, 0.15) is 0 Å². The quantitative estimate of drug-likeness (QED) is 0.526. The molecule has 3 rings (SSSR count). The largest absolute Gasteiger partial charge is 0.352 e. The van der Waals surface area contributed by atoms with Crippen LogP contribution in [0, 0.1) is 0 Å². The molecule has 3 aromatic carbocycles. The molecule has 0 aliphatic heterocycles. The summed E-state index contributed by atoms with van der Waals surface area (Å²) in [7, 11) is 0. The summed E-state index contributed by atoms with van der Waals surface area (Å²) in [4.78, 5) is 36.3. The zero-order chi connectivity index (χ0) is 22.1. The minimum atomic E-state index is -0.310. The Morgan fingerprint density at radius 1 is 0.710 bits per heavy atom. The van der Waals surface area contributed by atoms with Gasteiger partial charge in [-0.15, -0.1) is 0 Å². The third-order valence-corrected chi connectivity index (χ3v) is 4.72. The lowest BCUT2D eigenvalue weighted by Gasteiger charge is -2.12. The molecule has 0 fully saturated rings. The van der Waals surface area contributed by atoms with Gasteiger partial charge in [-0.2, -0.15) is 0 Å². The van der Waals surface area contributed by atoms with Crippen molar-refractivity contribution in [2.24, 2.45) is 0 Å². The fourth-order valence-corrected chi connectivity index (χ4v) is 3.05. The number of amides is 3. The Bertz CT molecular complexity index is 1050. The van der Waals surface area contributed by atoms with E-state index in [2.05, 4.69) is 16.0 Å². The molecule has 0 aliphatic carbocycles. The second-order valence-electron chi connectivity index (χ2n) is 7.10. The Labute approximate surface area is 181 Å². The van der Waals surface area contributed by atoms with Gasteiger partial charge < -0.3 is 16.0 Å². The molecule has 0 unspecified atom stereocenters. The summed E-state index contributed by atoms with van der Waals surface area (Å²) in [5.41, 5.74) is 3.36. The molecule has 3 aromatic rings. The van der Waals surface area contributed by atoms with Gasteiger partial charge in [-0.3, -0.25) is 14.4 Å². The topological polar surface area (TPSA) is 87.3 Å². The SMILES string of the molecule is CC(=O)NCc1ccc(C(=O)Nc2ccccc2C(=O)NCCc2ccccc2)cc1. The lowest BCUT2D eigenvalue weighted by atomic mass is 10.1. The Hall–Kier alpha value is -3.93. The van der Waals surface area contributed by atoms with Crippen LogP contribution in [0.2, 0.25) is 0 Å². The smallest absolute Gasteiger partial charge is 0.255 e. The molecule has 3 amide bonds. The highest BCUT2D eigenvalue weighted by molar-refractivity contribution is 6.09. The number of hydrogen-bond acceptors (Lipinski definition) is 3. The molecule has 0 spiro atoms. The van der Waals surface area contributed by atoms with Crippen LogP contribution in [0.5, 0.6) is 0 Å². The molecule has 31 heavy (non-hydrogen) atoms. The van der Waals surface area contributed by atoms with E-state index in [-0.39, 0.29) is 17.7 Å². The Kier molecular flexibility index (Phi) is 7.54. The zero-order valence-electron chi connectivity index (χ0n) is 17.4. The van der Waals surface area contributed by atoms with Crippen molar-refractivity contribution < 1.29 is 14.4 Å². The Balaban J connectivity index is 1.61. The molecule has 0 radical (unpaired) electrons. The minimum absolute atomic E-state index is 0.111. The van der Waals surface area contributed by atoms with Crippen molar-refractivity contribution in [1.29, 1.82) is 0 Å². The first-order valence-corrected chi connectivity index (χ1v) is 10.1. The highest BCUT2D eigenvalue weighted by atomic mass is 16.2. The van der Waals surface area contributed by atoms with E-state index in [1.165, 1.54) is 6.92 Å². The zero-order valence-corrected chi connectivity index (χ0v) is 17.4. The molecular formula is C25H25N3O3. The molecule has 6 nitrogen and oxygen atoms in total. The van der Waals surface area contributed by atoms with Crippen molar-refractivity contribution in [3.63, 3.8) is 0 Å². The molecule has 0 saturated carbocycles. The molecule has 0 heterocycles. The predicted molar refractivity (Wildman–Crippen MR) is 121 cm³/mol. The van der Waals surface area contributed by atoms with Gasteiger partial charge in [-0.25, -0.2) is 0 Å². The van der Waals surface area contributed by atoms with Crippen LogP contribution in [0.3, 0.4) is 0 Å². The van der Waals surface area contributed by atoms with Crippen molar-refractivity contribution in [3.8, 4) is 0 Å². The van der Waals surface area contributed by atoms with E-state index in [9.17, 15) is 14.4 Å². The average molecular weight is 415 g/mol. The van der Waals surface area contributed by atoms with Gasteiger partial charge in [-0.1, -0.05) is 54.6 Å². The van der Waals surface area contributed by atoms with E-state index in [0.717, 1.165) is 17.5 Å². The van der Waals surface area contributed by atoms with Crippen molar-refractivity contribution in [2.45, 2.75) is 19.9 Å². The van der Waals surface area contributed by atoms with Crippen LogP contribution in [0.25, 0.3) is 0 Å². The van der Waals surface area contributed by atoms with Gasteiger partial charge in [-0.05, 0) is 41.8 Å². The van der Waals surface area contributed by atoms with E-state index in [1.807, 2.05) is 30.3 Å². The normalized spacial score (nSPS) is 10.2. The molecular weight excluding hydrogens is 390 g/mol. The number of carbonyl (C=O) groups excluding carboxylic acids is 3. The predicted octanol–water partition coefficient (Wildman–Crippen LogP) is 3.55. The Morgan fingerprint density at radius 2 is 1.39 bits per heavy atom. The standard InChI is InChI=1S/C25H25N3O3/c1-18(29)27-17-20-11-13-21(14-12-20)24(30)28-23-10-6-5-9-22(23)25(31)26-16-15-19-7-3-2-4-8-19/h2-14H,15-17H2,1H3,(H,26,31)(H,27,29)(H,28,30). The highest BCUT2D eigenvalue weighted by Gasteiger charge is 2.14. The molecule has 3 N–H and O–H groups in total. The van der Waals surface area contributed by atoms with Crippen molar-refractivity contribution in [2.75, 3.05) is 11.9 Å². The summed E-state index contributed by atoms with van der Waals surface area (Å²) in [5.74, 6) is -0.659. The second kappa shape index (κ2) is 10.7. The van der Waals surface area contributed by atoms with Crippen LogP contribution < -0.4 is 16.0 Å². The molecule has 0 aromatic heterocycles. The van der Waals surface area contributed by atoms with E-state index in [4.69, 9.17) is 0 Å². The van der Waals surface area contributed by atoms with Gasteiger partial charge in [0.15, 0.2) is 0 Å². The monoisotopic (exact) mass is 415 g/mol. The van der Waals surface area contributed by atoms with Gasteiger partial charge in [0.25, 0.3) is 11.8 Å². The van der Waals surface area contributed by atoms with Crippen LogP contribution in [0.1, 0.15) is 38.8 Å². The minimum Gasteiger partial charge on any atom is -0.352 e. The number of carbonyl (C=O) groups is 3. The lowest BCUT2D eigenvalue weighted by Crippen LogP contribution is -2.27. The number of rotatable bonds is 8. The molecule has 0 bridgehead atoms. The van der Waals surface area contributed by atoms with Crippen molar-refractivity contribution >= 4 is 23.4 Å². The summed E-state index contributed by atoms with van der Waals surface area (Å²) in [6, 6.07) is 23.8. The fraction of sp³-hybridized carbons (Fsp3) is 0.160. The Morgan fingerprint density at radius 3 is 2.10 bits per heavy atom. The van der Waals surface area contributed by atoms with E-state index in [0.29, 0.717) is 29.9 Å². The first-order chi connectivity index (χ1) is 15.0. The van der Waals surface area contributed by atoms with Crippen LogP contribution in [-0.4, -0.2) is 24.3 Å². The van der Waals surface area contributed by atoms with Gasteiger partial charge in [0, 0.05) is 25.6 Å². The van der Waals surface area contributed by atoms with E-state index < -0.39 is 0 Å². The molecule has 0 atom stereocenters. The average Bonchev–Trinajstić information content (AvgIpc) is 2.79. The first-order valence-electron chi connectivity index (χ1n) is 10.1. The highest BCUT2D eigenvalue weighted by Crippen LogP contribution is 2.17. The van der Waals surface area contributed by atoms with Crippen LogP contribution >= 0.6 is 0 Å². The summed E-state index contributed by atoms with van der Waals surface area (Å²) >= 11 is 0. The number of para-hydroxylation sites is 1. The van der Waals surface area contributed by atoms with Crippen LogP contribution in [0.4, 0.5) is 5.69 Å². The molecule has 6 heteroatoms. The maximum atomic E-state index is 12.7. The second-order valence-corrected chi connectivity index (χ2v) is 7.10. The summed E-state index contributed by atoms with van der Waals surface area (Å²) in [6.07, 6.45) is 0.728. The molecule has 158 valence electrons. The molecule has 0 aliphatic rings. The van der Waals surface area contributed by atoms with Crippen LogP contribution in [0.15, 0.2) is 78.9 Å². The third-order valence-electron chi connectivity index (χ3n) is 4.72. The summed E-state index contributed by atoms with van der Waals surface area (Å²) in [5, 5.41) is 8.44. The van der Waals surface area contributed by atoms with E-state index in [1.54, 1.807) is 48.5 Å². The lowest BCUT2D eigenvalue weighted by molar-refractivity contribution is -0.119. The maximum Gasteiger partial charge on any atom is 0.255 e. The van der Waals surface area contributed by atoms with Gasteiger partial charge >= 0.3 is 0 Å².